The van der Waals surface area contributed by atoms with Crippen molar-refractivity contribution in [2.75, 3.05) is 0 Å². The number of rotatable bonds is 6. The van der Waals surface area contributed by atoms with Gasteiger partial charge in [-0.05, 0) is 155 Å². The Kier molecular flexibility index (Phi) is 9.85. The molecule has 5 heteroatoms. The van der Waals surface area contributed by atoms with E-state index in [2.05, 4.69) is 259 Å². The molecule has 3 aromatic heterocycles. The predicted octanol–water partition coefficient (Wildman–Crippen LogP) is 18.9. The lowest BCUT2D eigenvalue weighted by atomic mass is 9.93. The molecule has 16 aromatic rings. The summed E-state index contributed by atoms with van der Waals surface area (Å²) in [6.45, 7) is 2.14. The molecule has 5 nitrogen and oxygen atoms in total. The summed E-state index contributed by atoms with van der Waals surface area (Å²) < 4.78 is 4.69. The maximum absolute atomic E-state index is 5.80. The fourth-order valence-electron chi connectivity index (χ4n) is 12.9. The Morgan fingerprint density at radius 3 is 1.43 bits per heavy atom. The third kappa shape index (κ3) is 6.75. The van der Waals surface area contributed by atoms with Crippen LogP contribution in [0.1, 0.15) is 11.1 Å². The summed E-state index contributed by atoms with van der Waals surface area (Å²) in [6, 6.07) is 85.7. The molecule has 0 unspecified atom stereocenters. The Morgan fingerprint density at radius 2 is 0.810 bits per heavy atom. The molecule has 0 radical (unpaired) electrons. The fraction of sp³-hybridized carbons (Fsp3) is 0.0135. The van der Waals surface area contributed by atoms with Crippen LogP contribution < -0.4 is 0 Å². The van der Waals surface area contributed by atoms with Crippen molar-refractivity contribution in [3.8, 4) is 57.9 Å². The van der Waals surface area contributed by atoms with Gasteiger partial charge in [-0.1, -0.05) is 188 Å². The van der Waals surface area contributed by atoms with Crippen molar-refractivity contribution >= 4 is 114 Å². The van der Waals surface area contributed by atoms with Gasteiger partial charge < -0.3 is 4.57 Å². The number of benzene rings is 13. The molecular formula is C74H45N5. The van der Waals surface area contributed by atoms with Crippen LogP contribution in [0.2, 0.25) is 0 Å². The van der Waals surface area contributed by atoms with Crippen LogP contribution in [0.4, 0.5) is 0 Å². The third-order valence-electron chi connectivity index (χ3n) is 16.5. The van der Waals surface area contributed by atoms with Crippen LogP contribution in [0.25, 0.3) is 160 Å². The average molecular weight is 1000 g/mol. The van der Waals surface area contributed by atoms with Crippen molar-refractivity contribution < 1.29 is 0 Å². The van der Waals surface area contributed by atoms with Crippen molar-refractivity contribution in [1.82, 2.24) is 24.1 Å². The van der Waals surface area contributed by atoms with Crippen LogP contribution in [0.3, 0.4) is 0 Å². The van der Waals surface area contributed by atoms with E-state index in [1.165, 1.54) is 59.7 Å². The summed E-state index contributed by atoms with van der Waals surface area (Å²) >= 11 is 0. The number of fused-ring (bicyclic) bond motifs is 16. The molecular weight excluding hydrogens is 959 g/mol. The first-order valence-electron chi connectivity index (χ1n) is 26.8. The van der Waals surface area contributed by atoms with Crippen molar-refractivity contribution in [1.29, 1.82) is 0 Å². The normalized spacial score (nSPS) is 12.1. The van der Waals surface area contributed by atoms with E-state index in [1.807, 2.05) is 6.08 Å². The fourth-order valence-corrected chi connectivity index (χ4v) is 12.9. The molecule has 0 amide bonds. The minimum atomic E-state index is 0.532. The van der Waals surface area contributed by atoms with Crippen LogP contribution in [0.5, 0.6) is 0 Å². The number of hydrogen-bond donors (Lipinski definition) is 0. The van der Waals surface area contributed by atoms with Gasteiger partial charge in [0, 0.05) is 38.1 Å². The number of terminal acetylenes is 1. The Labute approximate surface area is 454 Å². The number of nitrogens with zero attached hydrogens (tertiary/aromatic N) is 5. The molecule has 3 heterocycles. The van der Waals surface area contributed by atoms with Crippen molar-refractivity contribution in [2.45, 2.75) is 6.92 Å². The maximum atomic E-state index is 5.80. The second-order valence-electron chi connectivity index (χ2n) is 20.6. The summed E-state index contributed by atoms with van der Waals surface area (Å²) in [6.07, 6.45) is 9.55. The highest BCUT2D eigenvalue weighted by molar-refractivity contribution is 6.28. The number of allylic oxidation sites excluding steroid dienone is 1. The highest BCUT2D eigenvalue weighted by atomic mass is 15.2. The summed E-state index contributed by atoms with van der Waals surface area (Å²) in [5, 5.41) is 18.8. The van der Waals surface area contributed by atoms with Gasteiger partial charge in [0.1, 0.15) is 0 Å². The second kappa shape index (κ2) is 17.4. The molecule has 0 saturated carbocycles. The van der Waals surface area contributed by atoms with Crippen LogP contribution in [0, 0.1) is 19.3 Å². The average Bonchev–Trinajstić information content (AvgIpc) is 4.25. The monoisotopic (exact) mass is 1000 g/mol. The van der Waals surface area contributed by atoms with E-state index in [4.69, 9.17) is 21.4 Å². The number of aryl methyl sites for hydroxylation is 1. The van der Waals surface area contributed by atoms with E-state index in [-0.39, 0.29) is 0 Å². The van der Waals surface area contributed by atoms with E-state index in [1.54, 1.807) is 6.08 Å². The van der Waals surface area contributed by atoms with Gasteiger partial charge in [0.05, 0.1) is 27.8 Å². The van der Waals surface area contributed by atoms with Gasteiger partial charge in [-0.2, -0.15) is 9.97 Å². The van der Waals surface area contributed by atoms with Gasteiger partial charge in [0.15, 0.2) is 11.6 Å². The van der Waals surface area contributed by atoms with Crippen molar-refractivity contribution in [3.05, 3.63) is 254 Å². The van der Waals surface area contributed by atoms with Gasteiger partial charge in [0.25, 0.3) is 0 Å². The number of aromatic nitrogens is 5. The first kappa shape index (κ1) is 44.6. The van der Waals surface area contributed by atoms with E-state index >= 15 is 0 Å². The Balaban J connectivity index is 0.910. The van der Waals surface area contributed by atoms with E-state index in [0.29, 0.717) is 17.6 Å². The third-order valence-corrected chi connectivity index (χ3v) is 16.5. The number of hydrogen-bond acceptors (Lipinski definition) is 3. The Morgan fingerprint density at radius 1 is 0.367 bits per heavy atom. The van der Waals surface area contributed by atoms with Gasteiger partial charge >= 0.3 is 0 Å². The topological polar surface area (TPSA) is 48.5 Å². The SMILES string of the molecule is C#C/C=C\c1cc(-c2nc(-c3cc4ccccc4c4ccccc34)nc(-n3c4ccccc4c4cc(-c5ccc6c(c5)c5ccccc5n6-c5cccc6c7ccccc7c7ccccc7c56)ccc43)n2)c2ccccc2c1C. The molecule has 0 N–H and O–H groups in total. The molecule has 13 aromatic carbocycles. The smallest absolute Gasteiger partial charge is 0.238 e. The minimum Gasteiger partial charge on any atom is -0.309 e. The molecule has 0 aliphatic heterocycles. The highest BCUT2D eigenvalue weighted by Gasteiger charge is 2.23. The van der Waals surface area contributed by atoms with E-state index in [0.717, 1.165) is 87.6 Å². The molecule has 79 heavy (non-hydrogen) atoms. The molecule has 0 aliphatic rings. The molecule has 16 rings (SSSR count). The minimum absolute atomic E-state index is 0.532. The van der Waals surface area contributed by atoms with Gasteiger partial charge in [-0.25, -0.2) is 4.98 Å². The summed E-state index contributed by atoms with van der Waals surface area (Å²) in [5.41, 5.74) is 11.7. The zero-order valence-corrected chi connectivity index (χ0v) is 43.0. The zero-order valence-electron chi connectivity index (χ0n) is 43.0. The van der Waals surface area contributed by atoms with Crippen LogP contribution in [-0.2, 0) is 0 Å². The molecule has 0 saturated heterocycles. The zero-order chi connectivity index (χ0) is 52.3. The van der Waals surface area contributed by atoms with E-state index in [9.17, 15) is 0 Å². The maximum Gasteiger partial charge on any atom is 0.238 e. The Hall–Kier alpha value is -10.7. The molecule has 0 bridgehead atoms. The van der Waals surface area contributed by atoms with E-state index < -0.39 is 0 Å². The lowest BCUT2D eigenvalue weighted by Gasteiger charge is -2.16. The molecule has 0 aliphatic carbocycles. The van der Waals surface area contributed by atoms with Gasteiger partial charge in [-0.15, -0.1) is 6.42 Å². The number of para-hydroxylation sites is 2. The van der Waals surface area contributed by atoms with Crippen LogP contribution in [0.15, 0.2) is 243 Å². The summed E-state index contributed by atoms with van der Waals surface area (Å²) in [7, 11) is 0. The van der Waals surface area contributed by atoms with Crippen molar-refractivity contribution in [3.63, 3.8) is 0 Å². The Bertz CT molecular complexity index is 5310. The van der Waals surface area contributed by atoms with Crippen molar-refractivity contribution in [2.24, 2.45) is 0 Å². The van der Waals surface area contributed by atoms with Crippen LogP contribution >= 0.6 is 0 Å². The summed E-state index contributed by atoms with van der Waals surface area (Å²) in [4.78, 5) is 16.5. The largest absolute Gasteiger partial charge is 0.309 e. The lowest BCUT2D eigenvalue weighted by Crippen LogP contribution is -2.07. The molecule has 0 fully saturated rings. The van der Waals surface area contributed by atoms with Gasteiger partial charge in [-0.3, -0.25) is 4.57 Å². The second-order valence-corrected chi connectivity index (χ2v) is 20.6. The highest BCUT2D eigenvalue weighted by Crippen LogP contribution is 2.44. The standard InChI is InChI=1S/C74H45N5/c1-3-4-20-46-41-64(52-24-8-7-22-50(52)45(46)2)72-75-73(65-44-49-21-5-6-23-51(49)53-25-9-12-29-57(53)65)77-74(76-72)79-67-35-18-16-31-59(67)63-43-48(38-40-69(63)79)47-37-39-68-62(42-47)58-30-15-17-34-66(58)78(68)70-36-19-33-61-56-27-11-10-26-54(56)55-28-13-14-32-60(55)71(61)70/h1,4-44H,2H3/b20-4-. The van der Waals surface area contributed by atoms with Crippen LogP contribution in [-0.4, -0.2) is 24.1 Å². The quantitative estimate of drug-likeness (QED) is 0.123. The molecule has 0 spiro atoms. The molecule has 0 atom stereocenters. The molecule has 366 valence electrons. The predicted molar refractivity (Wildman–Crippen MR) is 332 cm³/mol. The summed E-state index contributed by atoms with van der Waals surface area (Å²) in [5.74, 6) is 4.39. The first-order chi connectivity index (χ1) is 39.1. The lowest BCUT2D eigenvalue weighted by molar-refractivity contribution is 0.955. The first-order valence-corrected chi connectivity index (χ1v) is 26.8. The van der Waals surface area contributed by atoms with Gasteiger partial charge in [0.2, 0.25) is 5.95 Å².